The van der Waals surface area contributed by atoms with Gasteiger partial charge in [0.05, 0.1) is 12.6 Å². The lowest BCUT2D eigenvalue weighted by Gasteiger charge is -2.40. The zero-order valence-electron chi connectivity index (χ0n) is 21.4. The molecule has 2 aliphatic rings. The normalized spacial score (nSPS) is 18.3. The average Bonchev–Trinajstić information content (AvgIpc) is 3.37. The second kappa shape index (κ2) is 11.6. The van der Waals surface area contributed by atoms with Crippen molar-refractivity contribution in [2.45, 2.75) is 32.4 Å². The molecule has 1 aromatic heterocycles. The fraction of sp³-hybridized carbons (Fsp3) is 0.414. The number of nitrogens with zero attached hydrogens (tertiary/aromatic N) is 4. The molecule has 3 heterocycles. The Kier molecular flexibility index (Phi) is 7.84. The molecule has 0 aliphatic carbocycles. The van der Waals surface area contributed by atoms with Gasteiger partial charge in [0, 0.05) is 45.8 Å². The van der Waals surface area contributed by atoms with Crippen molar-refractivity contribution in [1.29, 1.82) is 0 Å². The van der Waals surface area contributed by atoms with Crippen LogP contribution < -0.4 is 10.1 Å². The summed E-state index contributed by atoms with van der Waals surface area (Å²) in [5.41, 5.74) is 1.62. The number of amides is 2. The summed E-state index contributed by atoms with van der Waals surface area (Å²) in [6.45, 7) is 6.75. The van der Waals surface area contributed by atoms with Gasteiger partial charge in [-0.15, -0.1) is 0 Å². The molecule has 2 aromatic carbocycles. The fourth-order valence-corrected chi connectivity index (χ4v) is 5.36. The maximum atomic E-state index is 12.9. The van der Waals surface area contributed by atoms with Crippen molar-refractivity contribution in [3.63, 3.8) is 0 Å². The van der Waals surface area contributed by atoms with Crippen molar-refractivity contribution in [2.24, 2.45) is 5.92 Å². The Hall–Kier alpha value is -3.65. The number of aromatic nitrogens is 2. The number of likely N-dealkylation sites (tertiary alicyclic amines) is 1. The van der Waals surface area contributed by atoms with E-state index in [1.165, 1.54) is 5.56 Å². The van der Waals surface area contributed by atoms with E-state index in [1.807, 2.05) is 47.5 Å². The Labute approximate surface area is 218 Å². The van der Waals surface area contributed by atoms with E-state index in [0.717, 1.165) is 57.1 Å². The zero-order valence-corrected chi connectivity index (χ0v) is 21.4. The van der Waals surface area contributed by atoms with Crippen LogP contribution >= 0.6 is 0 Å². The summed E-state index contributed by atoms with van der Waals surface area (Å²) in [5, 5.41) is 2.94. The minimum absolute atomic E-state index is 0.0104. The van der Waals surface area contributed by atoms with Gasteiger partial charge in [-0.25, -0.2) is 4.98 Å². The summed E-state index contributed by atoms with van der Waals surface area (Å²) < 4.78 is 7.81. The lowest BCUT2D eigenvalue weighted by atomic mass is 9.94. The number of ether oxygens (including phenoxy) is 1. The van der Waals surface area contributed by atoms with E-state index in [1.54, 1.807) is 6.92 Å². The molecule has 1 N–H and O–H groups in total. The van der Waals surface area contributed by atoms with E-state index in [-0.39, 0.29) is 17.9 Å². The zero-order chi connectivity index (χ0) is 25.6. The minimum atomic E-state index is -0.187. The number of hydrogen-bond acceptors (Lipinski definition) is 5. The molecule has 8 nitrogen and oxygen atoms in total. The number of carbonyl (C=O) groups excluding carboxylic acids is 2. The molecule has 1 unspecified atom stereocenters. The lowest BCUT2D eigenvalue weighted by Crippen LogP contribution is -2.44. The molecular weight excluding hydrogens is 466 g/mol. The molecule has 2 amide bonds. The van der Waals surface area contributed by atoms with Crippen LogP contribution in [0, 0.1) is 5.92 Å². The van der Waals surface area contributed by atoms with E-state index >= 15 is 0 Å². The van der Waals surface area contributed by atoms with Gasteiger partial charge in [-0.1, -0.05) is 48.5 Å². The summed E-state index contributed by atoms with van der Waals surface area (Å²) in [4.78, 5) is 33.9. The molecule has 3 aromatic rings. The summed E-state index contributed by atoms with van der Waals surface area (Å²) in [5.74, 6) is 2.21. The first-order chi connectivity index (χ1) is 18.1. The van der Waals surface area contributed by atoms with Crippen molar-refractivity contribution in [1.82, 2.24) is 24.7 Å². The van der Waals surface area contributed by atoms with Crippen LogP contribution in [0.3, 0.4) is 0 Å². The van der Waals surface area contributed by atoms with E-state index in [9.17, 15) is 9.59 Å². The molecule has 0 bridgehead atoms. The van der Waals surface area contributed by atoms with E-state index in [4.69, 9.17) is 9.72 Å². The Bertz CT molecular complexity index is 1190. The van der Waals surface area contributed by atoms with Crippen LogP contribution in [0.25, 0.3) is 0 Å². The highest BCUT2D eigenvalue weighted by Gasteiger charge is 2.34. The van der Waals surface area contributed by atoms with Crippen LogP contribution in [-0.2, 0) is 11.3 Å². The maximum Gasteiger partial charge on any atom is 0.271 e. The average molecular weight is 502 g/mol. The Morgan fingerprint density at radius 3 is 2.38 bits per heavy atom. The van der Waals surface area contributed by atoms with Gasteiger partial charge in [0.15, 0.2) is 0 Å². The third-order valence-electron chi connectivity index (χ3n) is 7.35. The second-order valence-electron chi connectivity index (χ2n) is 9.85. The van der Waals surface area contributed by atoms with Gasteiger partial charge < -0.3 is 19.5 Å². The van der Waals surface area contributed by atoms with Crippen molar-refractivity contribution in [3.05, 3.63) is 83.9 Å². The number of nitrogens with one attached hydrogen (secondary N) is 1. The third-order valence-corrected chi connectivity index (χ3v) is 7.35. The van der Waals surface area contributed by atoms with Crippen molar-refractivity contribution in [2.75, 3.05) is 39.3 Å². The minimum Gasteiger partial charge on any atom is -0.492 e. The largest absolute Gasteiger partial charge is 0.492 e. The summed E-state index contributed by atoms with van der Waals surface area (Å²) >= 11 is 0. The topological polar surface area (TPSA) is 79.7 Å². The van der Waals surface area contributed by atoms with Crippen LogP contribution in [0.4, 0.5) is 0 Å². The highest BCUT2D eigenvalue weighted by molar-refractivity contribution is 5.92. The number of rotatable bonds is 8. The van der Waals surface area contributed by atoms with Gasteiger partial charge >= 0.3 is 0 Å². The first kappa shape index (κ1) is 25.0. The molecule has 1 atom stereocenters. The second-order valence-corrected chi connectivity index (χ2v) is 9.85. The van der Waals surface area contributed by atoms with Crippen LogP contribution in [0.2, 0.25) is 0 Å². The number of carbonyl (C=O) groups is 2. The van der Waals surface area contributed by atoms with Crippen LogP contribution in [0.15, 0.2) is 66.9 Å². The van der Waals surface area contributed by atoms with Crippen LogP contribution in [0.5, 0.6) is 5.75 Å². The molecule has 5 rings (SSSR count). The summed E-state index contributed by atoms with van der Waals surface area (Å²) in [7, 11) is 0. The smallest absolute Gasteiger partial charge is 0.271 e. The summed E-state index contributed by atoms with van der Waals surface area (Å²) in [6, 6.07) is 20.0. The van der Waals surface area contributed by atoms with E-state index < -0.39 is 0 Å². The molecule has 2 aliphatic heterocycles. The molecule has 194 valence electrons. The highest BCUT2D eigenvalue weighted by Crippen LogP contribution is 2.33. The fourth-order valence-electron chi connectivity index (χ4n) is 5.36. The molecule has 37 heavy (non-hydrogen) atoms. The molecule has 1 fully saturated rings. The number of imidazole rings is 1. The van der Waals surface area contributed by atoms with Crippen molar-refractivity contribution >= 4 is 11.8 Å². The number of para-hydroxylation sites is 1. The molecule has 8 heteroatoms. The predicted octanol–water partition coefficient (Wildman–Crippen LogP) is 3.36. The quantitative estimate of drug-likeness (QED) is 0.479. The Morgan fingerprint density at radius 2 is 1.68 bits per heavy atom. The molecule has 0 spiro atoms. The van der Waals surface area contributed by atoms with Crippen LogP contribution in [-0.4, -0.2) is 70.5 Å². The van der Waals surface area contributed by atoms with Crippen molar-refractivity contribution in [3.8, 4) is 5.75 Å². The Morgan fingerprint density at radius 1 is 0.973 bits per heavy atom. The molecular formula is C29H35N5O3. The first-order valence-electron chi connectivity index (χ1n) is 13.2. The summed E-state index contributed by atoms with van der Waals surface area (Å²) in [6.07, 6.45) is 3.91. The number of benzene rings is 2. The number of fused-ring (bicyclic) bond motifs is 1. The monoisotopic (exact) mass is 501 g/mol. The first-order valence-corrected chi connectivity index (χ1v) is 13.2. The maximum absolute atomic E-state index is 12.9. The molecule has 0 saturated carbocycles. The van der Waals surface area contributed by atoms with Gasteiger partial charge in [0.1, 0.15) is 23.9 Å². The van der Waals surface area contributed by atoms with Crippen molar-refractivity contribution < 1.29 is 14.3 Å². The number of hydrogen-bond donors (Lipinski definition) is 1. The van der Waals surface area contributed by atoms with Gasteiger partial charge in [-0.05, 0) is 36.5 Å². The van der Waals surface area contributed by atoms with Gasteiger partial charge in [0.2, 0.25) is 5.91 Å². The molecule has 0 radical (unpaired) electrons. The van der Waals surface area contributed by atoms with E-state index in [0.29, 0.717) is 24.8 Å². The van der Waals surface area contributed by atoms with Gasteiger partial charge in [-0.3, -0.25) is 14.5 Å². The molecule has 1 saturated heterocycles. The van der Waals surface area contributed by atoms with Gasteiger partial charge in [-0.2, -0.15) is 0 Å². The third kappa shape index (κ3) is 6.02. The van der Waals surface area contributed by atoms with E-state index in [2.05, 4.69) is 39.0 Å². The lowest BCUT2D eigenvalue weighted by molar-refractivity contribution is -0.130. The Balaban J connectivity index is 1.26. The predicted molar refractivity (Wildman–Crippen MR) is 141 cm³/mol. The number of piperidine rings is 1. The van der Waals surface area contributed by atoms with Crippen LogP contribution in [0.1, 0.15) is 47.7 Å². The SMILES string of the molecule is CC(=O)N1CCC(CN2CCn3cc(C(=O)NCCOc4ccccc4)nc3C2c2ccccc2)CC1. The van der Waals surface area contributed by atoms with Gasteiger partial charge in [0.25, 0.3) is 5.91 Å². The highest BCUT2D eigenvalue weighted by atomic mass is 16.5. The standard InChI is InChI=1S/C29H35N5O3/c1-22(35)32-15-12-23(13-16-32)20-33-17-18-34-21-26(31-28(34)27(33)24-8-4-2-5-9-24)29(36)30-14-19-37-25-10-6-3-7-11-25/h2-11,21,23,27H,12-20H2,1H3,(H,30,36).